The maximum absolute atomic E-state index is 6.38. The third-order valence-electron chi connectivity index (χ3n) is 5.31. The Kier molecular flexibility index (Phi) is 4.48. The smallest absolute Gasteiger partial charge is 0.0668 e. The number of hydrogen-bond acceptors (Lipinski definition) is 2. The molecule has 2 unspecified atom stereocenters. The highest BCUT2D eigenvalue weighted by molar-refractivity contribution is 4.94. The molecule has 4 N–H and O–H groups in total. The van der Waals surface area contributed by atoms with Crippen LogP contribution >= 0.6 is 0 Å². The van der Waals surface area contributed by atoms with Gasteiger partial charge in [0.2, 0.25) is 0 Å². The van der Waals surface area contributed by atoms with Gasteiger partial charge >= 0.3 is 0 Å². The van der Waals surface area contributed by atoms with E-state index in [-0.39, 0.29) is 5.66 Å². The molecular weight excluding hydrogens is 208 g/mol. The van der Waals surface area contributed by atoms with Gasteiger partial charge in [0.1, 0.15) is 0 Å². The summed E-state index contributed by atoms with van der Waals surface area (Å²) in [6.45, 7) is 2.34. The summed E-state index contributed by atoms with van der Waals surface area (Å²) in [5, 5.41) is 0. The van der Waals surface area contributed by atoms with Crippen molar-refractivity contribution in [1.29, 1.82) is 0 Å². The lowest BCUT2D eigenvalue weighted by Crippen LogP contribution is -2.59. The first-order valence-electron chi connectivity index (χ1n) is 7.73. The Labute approximate surface area is 107 Å². The van der Waals surface area contributed by atoms with E-state index in [0.717, 1.165) is 18.3 Å². The second-order valence-corrected chi connectivity index (χ2v) is 6.43. The van der Waals surface area contributed by atoms with Gasteiger partial charge in [-0.15, -0.1) is 0 Å². The van der Waals surface area contributed by atoms with Gasteiger partial charge in [0.05, 0.1) is 5.66 Å². The molecule has 2 aliphatic carbocycles. The summed E-state index contributed by atoms with van der Waals surface area (Å²) in [4.78, 5) is 0. The van der Waals surface area contributed by atoms with Gasteiger partial charge in [0.15, 0.2) is 0 Å². The fourth-order valence-electron chi connectivity index (χ4n) is 4.37. The molecule has 2 saturated carbocycles. The summed E-state index contributed by atoms with van der Waals surface area (Å²) in [6.07, 6.45) is 13.3. The molecule has 100 valence electrons. The summed E-state index contributed by atoms with van der Waals surface area (Å²) >= 11 is 0. The van der Waals surface area contributed by atoms with E-state index in [0.29, 0.717) is 5.92 Å². The van der Waals surface area contributed by atoms with Crippen molar-refractivity contribution in [2.45, 2.75) is 76.8 Å². The SMILES string of the molecule is CCC(C1CCCCC1)C1CCCCC1(N)N. The van der Waals surface area contributed by atoms with E-state index in [1.54, 1.807) is 0 Å². The van der Waals surface area contributed by atoms with E-state index in [1.165, 1.54) is 57.8 Å². The quantitative estimate of drug-likeness (QED) is 0.740. The summed E-state index contributed by atoms with van der Waals surface area (Å²) in [7, 11) is 0. The van der Waals surface area contributed by atoms with Crippen molar-refractivity contribution in [2.75, 3.05) is 0 Å². The standard InChI is InChI=1S/C15H30N2/c1-2-13(12-8-4-3-5-9-12)14-10-6-7-11-15(14,16)17/h12-14H,2-11,16-17H2,1H3. The maximum Gasteiger partial charge on any atom is 0.0668 e. The van der Waals surface area contributed by atoms with Gasteiger partial charge < -0.3 is 11.5 Å². The zero-order valence-electron chi connectivity index (χ0n) is 11.5. The van der Waals surface area contributed by atoms with Crippen LogP contribution in [0, 0.1) is 17.8 Å². The minimum absolute atomic E-state index is 0.379. The van der Waals surface area contributed by atoms with E-state index in [9.17, 15) is 0 Å². The number of rotatable bonds is 3. The van der Waals surface area contributed by atoms with E-state index >= 15 is 0 Å². The second kappa shape index (κ2) is 5.71. The average molecular weight is 238 g/mol. The Morgan fingerprint density at radius 3 is 2.24 bits per heavy atom. The van der Waals surface area contributed by atoms with Crippen molar-refractivity contribution in [3.63, 3.8) is 0 Å². The summed E-state index contributed by atoms with van der Waals surface area (Å²) in [5.41, 5.74) is 12.4. The summed E-state index contributed by atoms with van der Waals surface area (Å²) in [6, 6.07) is 0. The maximum atomic E-state index is 6.38. The summed E-state index contributed by atoms with van der Waals surface area (Å²) < 4.78 is 0. The third kappa shape index (κ3) is 3.03. The summed E-state index contributed by atoms with van der Waals surface area (Å²) in [5.74, 6) is 2.26. The van der Waals surface area contributed by atoms with Crippen LogP contribution in [-0.2, 0) is 0 Å². The molecule has 0 aliphatic heterocycles. The first-order chi connectivity index (χ1) is 8.15. The predicted octanol–water partition coefficient (Wildman–Crippen LogP) is 3.40. The second-order valence-electron chi connectivity index (χ2n) is 6.43. The van der Waals surface area contributed by atoms with Crippen LogP contribution in [0.1, 0.15) is 71.1 Å². The molecule has 17 heavy (non-hydrogen) atoms. The fourth-order valence-corrected chi connectivity index (χ4v) is 4.37. The van der Waals surface area contributed by atoms with Gasteiger partial charge in [0, 0.05) is 0 Å². The molecule has 2 rings (SSSR count). The van der Waals surface area contributed by atoms with Crippen LogP contribution in [0.25, 0.3) is 0 Å². The molecule has 0 aromatic rings. The van der Waals surface area contributed by atoms with E-state index < -0.39 is 0 Å². The van der Waals surface area contributed by atoms with Crippen LogP contribution < -0.4 is 11.5 Å². The van der Waals surface area contributed by atoms with Crippen LogP contribution in [0.4, 0.5) is 0 Å². The predicted molar refractivity (Wildman–Crippen MR) is 73.4 cm³/mol. The van der Waals surface area contributed by atoms with Crippen LogP contribution in [-0.4, -0.2) is 5.66 Å². The first kappa shape index (κ1) is 13.4. The molecule has 2 atom stereocenters. The van der Waals surface area contributed by atoms with E-state index in [4.69, 9.17) is 11.5 Å². The van der Waals surface area contributed by atoms with Crippen molar-refractivity contribution < 1.29 is 0 Å². The molecule has 2 aliphatic rings. The van der Waals surface area contributed by atoms with Crippen LogP contribution in [0.2, 0.25) is 0 Å². The Balaban J connectivity index is 2.04. The highest BCUT2D eigenvalue weighted by atomic mass is 15.0. The largest absolute Gasteiger partial charge is 0.313 e. The molecule has 2 fully saturated rings. The van der Waals surface area contributed by atoms with Crippen molar-refractivity contribution in [2.24, 2.45) is 29.2 Å². The van der Waals surface area contributed by atoms with Crippen molar-refractivity contribution in [3.8, 4) is 0 Å². The lowest BCUT2D eigenvalue weighted by Gasteiger charge is -2.46. The van der Waals surface area contributed by atoms with Gasteiger partial charge in [-0.05, 0) is 30.6 Å². The molecule has 2 heteroatoms. The van der Waals surface area contributed by atoms with Crippen LogP contribution in [0.5, 0.6) is 0 Å². The topological polar surface area (TPSA) is 52.0 Å². The van der Waals surface area contributed by atoms with Gasteiger partial charge in [-0.25, -0.2) is 0 Å². The van der Waals surface area contributed by atoms with Gasteiger partial charge in [0.25, 0.3) is 0 Å². The van der Waals surface area contributed by atoms with Gasteiger partial charge in [-0.3, -0.25) is 0 Å². The van der Waals surface area contributed by atoms with Crippen LogP contribution in [0.3, 0.4) is 0 Å². The molecular formula is C15H30N2. The molecule has 0 spiro atoms. The fraction of sp³-hybridized carbons (Fsp3) is 1.00. The van der Waals surface area contributed by atoms with Gasteiger partial charge in [-0.1, -0.05) is 58.3 Å². The molecule has 0 aromatic carbocycles. The first-order valence-corrected chi connectivity index (χ1v) is 7.73. The van der Waals surface area contributed by atoms with E-state index in [1.807, 2.05) is 0 Å². The van der Waals surface area contributed by atoms with Crippen molar-refractivity contribution in [1.82, 2.24) is 0 Å². The zero-order valence-corrected chi connectivity index (χ0v) is 11.5. The average Bonchev–Trinajstić information content (AvgIpc) is 2.33. The lowest BCUT2D eigenvalue weighted by atomic mass is 9.65. The molecule has 0 amide bonds. The molecule has 0 heterocycles. The molecule has 0 aromatic heterocycles. The molecule has 0 radical (unpaired) electrons. The number of hydrogen-bond donors (Lipinski definition) is 2. The molecule has 2 nitrogen and oxygen atoms in total. The lowest BCUT2D eigenvalue weighted by molar-refractivity contribution is 0.0722. The van der Waals surface area contributed by atoms with E-state index in [2.05, 4.69) is 6.92 Å². The van der Waals surface area contributed by atoms with Crippen molar-refractivity contribution in [3.05, 3.63) is 0 Å². The van der Waals surface area contributed by atoms with Gasteiger partial charge in [-0.2, -0.15) is 0 Å². The monoisotopic (exact) mass is 238 g/mol. The third-order valence-corrected chi connectivity index (χ3v) is 5.31. The Morgan fingerprint density at radius 1 is 1.00 bits per heavy atom. The molecule has 0 saturated heterocycles. The normalized spacial score (nSPS) is 32.3. The highest BCUT2D eigenvalue weighted by Crippen LogP contribution is 2.43. The number of nitrogens with two attached hydrogens (primary N) is 2. The minimum atomic E-state index is -0.379. The van der Waals surface area contributed by atoms with Crippen molar-refractivity contribution >= 4 is 0 Å². The van der Waals surface area contributed by atoms with Crippen LogP contribution in [0.15, 0.2) is 0 Å². The Hall–Kier alpha value is -0.0800. The zero-order chi connectivity index (χ0) is 12.3. The molecule has 0 bridgehead atoms. The Morgan fingerprint density at radius 2 is 1.65 bits per heavy atom. The Bertz CT molecular complexity index is 231. The highest BCUT2D eigenvalue weighted by Gasteiger charge is 2.40. The minimum Gasteiger partial charge on any atom is -0.313 e.